The molecule has 2 aromatic rings. The van der Waals surface area contributed by atoms with Gasteiger partial charge in [-0.25, -0.2) is 4.79 Å². The number of allylic oxidation sites excluding steroid dienone is 1. The number of anilines is 2. The van der Waals surface area contributed by atoms with Gasteiger partial charge in [-0.15, -0.1) is 0 Å². The summed E-state index contributed by atoms with van der Waals surface area (Å²) in [5, 5.41) is 4.46. The van der Waals surface area contributed by atoms with Gasteiger partial charge in [0.25, 0.3) is 0 Å². The van der Waals surface area contributed by atoms with Crippen LogP contribution < -0.4 is 15.4 Å². The standard InChI is InChI=1S/C20H17ClF3N3O2/c1-27-10-8-16(9-11-27)29-15-5-2-13(3-6-15)25-19(28)26-14-4-7-18(21)17(12-14)20(22,23)24/h2-10,12H,11H2,1H3,(H2,25,26,28). The third-order valence-corrected chi connectivity index (χ3v) is 4.28. The van der Waals surface area contributed by atoms with E-state index in [1.54, 1.807) is 24.3 Å². The lowest BCUT2D eigenvalue weighted by molar-refractivity contribution is -0.137. The zero-order chi connectivity index (χ0) is 21.0. The number of benzene rings is 2. The Morgan fingerprint density at radius 2 is 1.76 bits per heavy atom. The van der Waals surface area contributed by atoms with Gasteiger partial charge in [0.2, 0.25) is 0 Å². The van der Waals surface area contributed by atoms with Crippen LogP contribution in [0.4, 0.5) is 29.3 Å². The number of alkyl halides is 3. The van der Waals surface area contributed by atoms with E-state index < -0.39 is 22.8 Å². The minimum atomic E-state index is -4.61. The van der Waals surface area contributed by atoms with E-state index in [1.807, 2.05) is 30.3 Å². The molecule has 29 heavy (non-hydrogen) atoms. The maximum atomic E-state index is 12.9. The highest BCUT2D eigenvalue weighted by Crippen LogP contribution is 2.36. The first kappa shape index (κ1) is 20.6. The lowest BCUT2D eigenvalue weighted by Gasteiger charge is -2.17. The van der Waals surface area contributed by atoms with Crippen LogP contribution in [0.5, 0.6) is 5.75 Å². The summed E-state index contributed by atoms with van der Waals surface area (Å²) < 4.78 is 44.4. The maximum absolute atomic E-state index is 12.9. The lowest BCUT2D eigenvalue weighted by atomic mass is 10.2. The van der Waals surface area contributed by atoms with Crippen molar-refractivity contribution in [2.24, 2.45) is 0 Å². The van der Waals surface area contributed by atoms with Crippen molar-refractivity contribution in [1.82, 2.24) is 4.90 Å². The molecule has 0 aliphatic carbocycles. The van der Waals surface area contributed by atoms with Gasteiger partial charge in [0.1, 0.15) is 11.5 Å². The number of carbonyl (C=O) groups excluding carboxylic acids is 1. The molecule has 0 bridgehead atoms. The highest BCUT2D eigenvalue weighted by molar-refractivity contribution is 6.31. The molecule has 0 radical (unpaired) electrons. The van der Waals surface area contributed by atoms with E-state index in [2.05, 4.69) is 10.6 Å². The first-order valence-electron chi connectivity index (χ1n) is 8.52. The zero-order valence-electron chi connectivity index (χ0n) is 15.3. The molecule has 0 fully saturated rings. The summed E-state index contributed by atoms with van der Waals surface area (Å²) in [5.74, 6) is 1.30. The van der Waals surface area contributed by atoms with E-state index in [1.165, 1.54) is 6.07 Å². The van der Waals surface area contributed by atoms with Crippen LogP contribution >= 0.6 is 11.6 Å². The number of likely N-dealkylation sites (N-methyl/N-ethyl adjacent to an activating group) is 1. The van der Waals surface area contributed by atoms with Gasteiger partial charge in [-0.05, 0) is 54.6 Å². The van der Waals surface area contributed by atoms with Crippen molar-refractivity contribution in [2.75, 3.05) is 24.2 Å². The summed E-state index contributed by atoms with van der Waals surface area (Å²) in [7, 11) is 1.95. The molecule has 9 heteroatoms. The van der Waals surface area contributed by atoms with Gasteiger partial charge in [-0.2, -0.15) is 13.2 Å². The molecule has 1 heterocycles. The van der Waals surface area contributed by atoms with Gasteiger partial charge in [-0.1, -0.05) is 11.6 Å². The average Bonchev–Trinajstić information content (AvgIpc) is 2.66. The second-order valence-corrected chi connectivity index (χ2v) is 6.67. The molecule has 2 amide bonds. The zero-order valence-corrected chi connectivity index (χ0v) is 16.0. The van der Waals surface area contributed by atoms with Crippen molar-refractivity contribution < 1.29 is 22.7 Å². The predicted octanol–water partition coefficient (Wildman–Crippen LogP) is 5.72. The fraction of sp³-hybridized carbons (Fsp3) is 0.150. The van der Waals surface area contributed by atoms with Crippen molar-refractivity contribution in [1.29, 1.82) is 0 Å². The first-order valence-corrected chi connectivity index (χ1v) is 8.90. The van der Waals surface area contributed by atoms with Crippen molar-refractivity contribution >= 4 is 29.0 Å². The molecule has 1 aliphatic heterocycles. The van der Waals surface area contributed by atoms with E-state index in [0.717, 1.165) is 18.7 Å². The number of halogens is 4. The summed E-state index contributed by atoms with van der Waals surface area (Å²) in [6.07, 6.45) is 1.06. The quantitative estimate of drug-likeness (QED) is 0.660. The minimum Gasteiger partial charge on any atom is -0.458 e. The van der Waals surface area contributed by atoms with Gasteiger partial charge in [0.15, 0.2) is 0 Å². The minimum absolute atomic E-state index is 0.0276. The molecule has 2 aromatic carbocycles. The maximum Gasteiger partial charge on any atom is 0.417 e. The van der Waals surface area contributed by atoms with Crippen LogP contribution in [-0.4, -0.2) is 24.5 Å². The fourth-order valence-electron chi connectivity index (χ4n) is 2.50. The van der Waals surface area contributed by atoms with Crippen LogP contribution in [0, 0.1) is 0 Å². The molecule has 0 saturated carbocycles. The molecular weight excluding hydrogens is 407 g/mol. The second kappa shape index (κ2) is 8.48. The number of ether oxygens (including phenoxy) is 1. The van der Waals surface area contributed by atoms with Gasteiger partial charge < -0.3 is 20.3 Å². The average molecular weight is 424 g/mol. The normalized spacial score (nSPS) is 13.7. The second-order valence-electron chi connectivity index (χ2n) is 6.26. The Balaban J connectivity index is 1.59. The SMILES string of the molecule is CN1C=CC(Oc2ccc(NC(=O)Nc3ccc(Cl)c(C(F)(F)F)c3)cc2)=CC1. The van der Waals surface area contributed by atoms with Gasteiger partial charge >= 0.3 is 12.2 Å². The fourth-order valence-corrected chi connectivity index (χ4v) is 2.72. The van der Waals surface area contributed by atoms with Crippen molar-refractivity contribution in [2.45, 2.75) is 6.18 Å². The molecule has 0 atom stereocenters. The number of nitrogens with zero attached hydrogens (tertiary/aromatic N) is 1. The predicted molar refractivity (Wildman–Crippen MR) is 106 cm³/mol. The van der Waals surface area contributed by atoms with Gasteiger partial charge in [0, 0.05) is 31.2 Å². The molecule has 3 rings (SSSR count). The number of nitrogens with one attached hydrogen (secondary N) is 2. The van der Waals surface area contributed by atoms with Gasteiger partial charge in [-0.3, -0.25) is 0 Å². The Kier molecular flexibility index (Phi) is 6.03. The topological polar surface area (TPSA) is 53.6 Å². The number of amides is 2. The van der Waals surface area contributed by atoms with Gasteiger partial charge in [0.05, 0.1) is 10.6 Å². The summed E-state index contributed by atoms with van der Waals surface area (Å²) in [4.78, 5) is 14.1. The van der Waals surface area contributed by atoms with E-state index in [4.69, 9.17) is 16.3 Å². The van der Waals surface area contributed by atoms with E-state index in [9.17, 15) is 18.0 Å². The van der Waals surface area contributed by atoms with Crippen LogP contribution in [0.3, 0.4) is 0 Å². The van der Waals surface area contributed by atoms with Crippen molar-refractivity contribution in [3.05, 3.63) is 77.2 Å². The molecular formula is C20H17ClF3N3O2. The number of carbonyl (C=O) groups is 1. The molecule has 0 unspecified atom stereocenters. The van der Waals surface area contributed by atoms with E-state index in [-0.39, 0.29) is 5.69 Å². The van der Waals surface area contributed by atoms with E-state index >= 15 is 0 Å². The highest BCUT2D eigenvalue weighted by Gasteiger charge is 2.33. The van der Waals surface area contributed by atoms with Crippen LogP contribution in [-0.2, 0) is 6.18 Å². The van der Waals surface area contributed by atoms with Crippen LogP contribution in [0.2, 0.25) is 5.02 Å². The Morgan fingerprint density at radius 1 is 1.10 bits per heavy atom. The summed E-state index contributed by atoms with van der Waals surface area (Å²) >= 11 is 5.57. The largest absolute Gasteiger partial charge is 0.458 e. The van der Waals surface area contributed by atoms with Crippen molar-refractivity contribution in [3.63, 3.8) is 0 Å². The Morgan fingerprint density at radius 3 is 2.38 bits per heavy atom. The summed E-state index contributed by atoms with van der Waals surface area (Å²) in [6, 6.07) is 9.06. The number of urea groups is 1. The smallest absolute Gasteiger partial charge is 0.417 e. The Labute approximate surface area is 170 Å². The molecule has 0 spiro atoms. The first-order chi connectivity index (χ1) is 13.7. The lowest BCUT2D eigenvalue weighted by Crippen LogP contribution is -2.20. The molecule has 0 saturated heterocycles. The number of rotatable bonds is 4. The summed E-state index contributed by atoms with van der Waals surface area (Å²) in [6.45, 7) is 0.742. The third kappa shape index (κ3) is 5.68. The van der Waals surface area contributed by atoms with Crippen molar-refractivity contribution in [3.8, 4) is 5.75 Å². The monoisotopic (exact) mass is 423 g/mol. The molecule has 5 nitrogen and oxygen atoms in total. The highest BCUT2D eigenvalue weighted by atomic mass is 35.5. The molecule has 0 aromatic heterocycles. The molecule has 152 valence electrons. The Bertz CT molecular complexity index is 956. The summed E-state index contributed by atoms with van der Waals surface area (Å²) in [5.41, 5.74) is -0.594. The molecule has 2 N–H and O–H groups in total. The number of hydrogen-bond donors (Lipinski definition) is 2. The van der Waals surface area contributed by atoms with E-state index in [0.29, 0.717) is 17.2 Å². The van der Waals surface area contributed by atoms with Crippen LogP contribution in [0.25, 0.3) is 0 Å². The molecule has 1 aliphatic rings. The van der Waals surface area contributed by atoms with Crippen LogP contribution in [0.1, 0.15) is 5.56 Å². The number of hydrogen-bond acceptors (Lipinski definition) is 3. The Hall–Kier alpha value is -3.13. The third-order valence-electron chi connectivity index (χ3n) is 3.95. The van der Waals surface area contributed by atoms with Crippen LogP contribution in [0.15, 0.2) is 66.6 Å².